The molecule has 0 unspecified atom stereocenters. The molecular weight excluding hydrogens is 302 g/mol. The topological polar surface area (TPSA) is 74.5 Å². The van der Waals surface area contributed by atoms with Gasteiger partial charge < -0.3 is 4.74 Å². The summed E-state index contributed by atoms with van der Waals surface area (Å²) in [5.74, 6) is 0.184. The summed E-state index contributed by atoms with van der Waals surface area (Å²) < 4.78 is 5.34. The predicted molar refractivity (Wildman–Crippen MR) is 92.8 cm³/mol. The van der Waals surface area contributed by atoms with Crippen molar-refractivity contribution in [2.45, 2.75) is 20.3 Å². The second kappa shape index (κ2) is 8.49. The highest BCUT2D eigenvalue weighted by molar-refractivity contribution is 5.99. The van der Waals surface area contributed by atoms with Gasteiger partial charge in [0, 0.05) is 0 Å². The van der Waals surface area contributed by atoms with Crippen molar-refractivity contribution in [1.29, 1.82) is 5.26 Å². The highest BCUT2D eigenvalue weighted by Crippen LogP contribution is 2.11. The molecule has 1 N–H and O–H groups in total. The van der Waals surface area contributed by atoms with E-state index in [9.17, 15) is 4.79 Å². The van der Waals surface area contributed by atoms with E-state index in [1.807, 2.05) is 37.3 Å². The summed E-state index contributed by atoms with van der Waals surface area (Å²) in [5.41, 5.74) is 5.96. The van der Waals surface area contributed by atoms with E-state index in [1.54, 1.807) is 24.3 Å². The number of hydrogen-bond donors (Lipinski definition) is 1. The number of nitrogens with zero attached hydrogens (tertiary/aromatic N) is 2. The highest BCUT2D eigenvalue weighted by atomic mass is 16.5. The Morgan fingerprint density at radius 3 is 2.42 bits per heavy atom. The molecule has 0 aliphatic rings. The zero-order chi connectivity index (χ0) is 17.4. The molecule has 5 heteroatoms. The van der Waals surface area contributed by atoms with Crippen LogP contribution < -0.4 is 10.2 Å². The molecule has 2 rings (SSSR count). The number of rotatable bonds is 6. The zero-order valence-corrected chi connectivity index (χ0v) is 13.7. The quantitative estimate of drug-likeness (QED) is 0.656. The van der Waals surface area contributed by atoms with E-state index < -0.39 is 0 Å². The van der Waals surface area contributed by atoms with E-state index in [2.05, 4.69) is 17.5 Å². The number of amides is 1. The Bertz CT molecular complexity index is 757. The van der Waals surface area contributed by atoms with E-state index in [1.165, 1.54) is 5.56 Å². The lowest BCUT2D eigenvalue weighted by Crippen LogP contribution is -2.25. The van der Waals surface area contributed by atoms with Gasteiger partial charge in [-0.2, -0.15) is 10.4 Å². The molecule has 1 amide bonds. The van der Waals surface area contributed by atoms with Crippen LogP contribution in [0, 0.1) is 11.3 Å². The summed E-state index contributed by atoms with van der Waals surface area (Å²) in [6, 6.07) is 16.6. The number of ether oxygens (including phenoxy) is 1. The average Bonchev–Trinajstić information content (AvgIpc) is 2.64. The Kier molecular flexibility index (Phi) is 6.09. The number of carbonyl (C=O) groups is 1. The molecule has 5 nitrogen and oxygen atoms in total. The fourth-order valence-corrected chi connectivity index (χ4v) is 2.00. The molecule has 0 heterocycles. The number of carbonyl (C=O) groups excluding carboxylic acids is 1. The van der Waals surface area contributed by atoms with Gasteiger partial charge in [-0.25, -0.2) is 5.43 Å². The summed E-state index contributed by atoms with van der Waals surface area (Å²) in [6.45, 7) is 3.80. The molecule has 0 radical (unpaired) electrons. The smallest absolute Gasteiger partial charge is 0.277 e. The van der Waals surface area contributed by atoms with Crippen molar-refractivity contribution in [3.05, 3.63) is 65.2 Å². The third-order valence-electron chi connectivity index (χ3n) is 3.48. The second-order valence-corrected chi connectivity index (χ2v) is 5.21. The first kappa shape index (κ1) is 17.2. The Hall–Kier alpha value is -3.13. The van der Waals surface area contributed by atoms with Crippen molar-refractivity contribution < 1.29 is 9.53 Å². The summed E-state index contributed by atoms with van der Waals surface area (Å²) in [4.78, 5) is 11.8. The lowest BCUT2D eigenvalue weighted by atomic mass is 10.1. The monoisotopic (exact) mass is 321 g/mol. The van der Waals surface area contributed by atoms with Crippen LogP contribution in [0.5, 0.6) is 5.75 Å². The van der Waals surface area contributed by atoms with E-state index >= 15 is 0 Å². The van der Waals surface area contributed by atoms with Crippen molar-refractivity contribution in [2.24, 2.45) is 5.10 Å². The molecule has 0 fully saturated rings. The molecule has 2 aromatic carbocycles. The van der Waals surface area contributed by atoms with E-state index in [-0.39, 0.29) is 12.5 Å². The highest BCUT2D eigenvalue weighted by Gasteiger charge is 2.03. The number of benzene rings is 2. The van der Waals surface area contributed by atoms with Crippen LogP contribution in [0.15, 0.2) is 53.6 Å². The molecule has 24 heavy (non-hydrogen) atoms. The number of nitrogens with one attached hydrogen (secondary N) is 1. The third-order valence-corrected chi connectivity index (χ3v) is 3.48. The zero-order valence-electron chi connectivity index (χ0n) is 13.7. The molecule has 0 saturated heterocycles. The van der Waals surface area contributed by atoms with Crippen molar-refractivity contribution >= 4 is 11.6 Å². The lowest BCUT2D eigenvalue weighted by Gasteiger charge is -2.06. The van der Waals surface area contributed by atoms with Gasteiger partial charge in [0.25, 0.3) is 5.91 Å². The predicted octanol–water partition coefficient (Wildman–Crippen LogP) is 3.04. The van der Waals surface area contributed by atoms with Crippen LogP contribution in [0.2, 0.25) is 0 Å². The maximum atomic E-state index is 11.8. The van der Waals surface area contributed by atoms with Gasteiger partial charge in [0.1, 0.15) is 5.75 Å². The van der Waals surface area contributed by atoms with E-state index in [0.29, 0.717) is 11.3 Å². The van der Waals surface area contributed by atoms with Gasteiger partial charge >= 0.3 is 0 Å². The molecule has 0 bridgehead atoms. The maximum Gasteiger partial charge on any atom is 0.277 e. The van der Waals surface area contributed by atoms with E-state index in [4.69, 9.17) is 10.00 Å². The minimum Gasteiger partial charge on any atom is -0.484 e. The minimum absolute atomic E-state index is 0.141. The minimum atomic E-state index is -0.344. The fraction of sp³-hybridized carbons (Fsp3) is 0.211. The van der Waals surface area contributed by atoms with Crippen molar-refractivity contribution in [3.8, 4) is 11.8 Å². The molecule has 0 aromatic heterocycles. The van der Waals surface area contributed by atoms with Crippen LogP contribution in [0.3, 0.4) is 0 Å². The lowest BCUT2D eigenvalue weighted by molar-refractivity contribution is -0.123. The molecular formula is C19H19N3O2. The Morgan fingerprint density at radius 1 is 1.17 bits per heavy atom. The average molecular weight is 321 g/mol. The Balaban J connectivity index is 1.85. The van der Waals surface area contributed by atoms with Gasteiger partial charge in [0.2, 0.25) is 0 Å². The first-order valence-corrected chi connectivity index (χ1v) is 7.67. The number of aryl methyl sites for hydroxylation is 1. The van der Waals surface area contributed by atoms with Gasteiger partial charge in [-0.05, 0) is 48.7 Å². The summed E-state index contributed by atoms with van der Waals surface area (Å²) in [5, 5.41) is 12.8. The number of hydrogen-bond acceptors (Lipinski definition) is 4. The number of nitriles is 1. The largest absolute Gasteiger partial charge is 0.484 e. The second-order valence-electron chi connectivity index (χ2n) is 5.21. The molecule has 0 spiro atoms. The van der Waals surface area contributed by atoms with Crippen molar-refractivity contribution in [1.82, 2.24) is 5.43 Å². The van der Waals surface area contributed by atoms with Gasteiger partial charge in [0.15, 0.2) is 6.61 Å². The van der Waals surface area contributed by atoms with Gasteiger partial charge in [-0.1, -0.05) is 31.2 Å². The standard InChI is InChI=1S/C19H19N3O2/c1-3-15-4-8-17(9-5-15)14(2)21-22-19(23)13-24-18-10-6-16(12-20)7-11-18/h4-11H,3,13H2,1-2H3,(H,22,23)/b21-14-. The van der Waals surface area contributed by atoms with Gasteiger partial charge in [-0.3, -0.25) is 4.79 Å². The fourth-order valence-electron chi connectivity index (χ4n) is 2.00. The SMILES string of the molecule is CCc1ccc(/C(C)=N\NC(=O)COc2ccc(C#N)cc2)cc1. The molecule has 0 atom stereocenters. The molecule has 0 saturated carbocycles. The van der Waals surface area contributed by atoms with Crippen LogP contribution in [0.4, 0.5) is 0 Å². The summed E-state index contributed by atoms with van der Waals surface area (Å²) in [6.07, 6.45) is 0.986. The summed E-state index contributed by atoms with van der Waals surface area (Å²) >= 11 is 0. The van der Waals surface area contributed by atoms with Gasteiger partial charge in [0.05, 0.1) is 17.3 Å². The first-order valence-electron chi connectivity index (χ1n) is 7.67. The van der Waals surface area contributed by atoms with Crippen molar-refractivity contribution in [2.75, 3.05) is 6.61 Å². The maximum absolute atomic E-state index is 11.8. The summed E-state index contributed by atoms with van der Waals surface area (Å²) in [7, 11) is 0. The Labute approximate surface area is 141 Å². The third kappa shape index (κ3) is 4.96. The van der Waals surface area contributed by atoms with E-state index in [0.717, 1.165) is 17.7 Å². The Morgan fingerprint density at radius 2 is 1.83 bits per heavy atom. The van der Waals surface area contributed by atoms with Crippen LogP contribution in [0.25, 0.3) is 0 Å². The van der Waals surface area contributed by atoms with Crippen LogP contribution in [-0.2, 0) is 11.2 Å². The molecule has 122 valence electrons. The van der Waals surface area contributed by atoms with Crippen LogP contribution >= 0.6 is 0 Å². The van der Waals surface area contributed by atoms with Crippen LogP contribution in [-0.4, -0.2) is 18.2 Å². The molecule has 0 aliphatic carbocycles. The van der Waals surface area contributed by atoms with Gasteiger partial charge in [-0.15, -0.1) is 0 Å². The van der Waals surface area contributed by atoms with Crippen molar-refractivity contribution in [3.63, 3.8) is 0 Å². The molecule has 2 aromatic rings. The molecule has 0 aliphatic heterocycles. The number of hydrazone groups is 1. The van der Waals surface area contributed by atoms with Crippen LogP contribution in [0.1, 0.15) is 30.5 Å². The first-order chi connectivity index (χ1) is 11.6. The normalized spacial score (nSPS) is 10.8.